The van der Waals surface area contributed by atoms with Crippen LogP contribution in [-0.4, -0.2) is 11.7 Å². The minimum atomic E-state index is -0.331. The lowest BCUT2D eigenvalue weighted by Crippen LogP contribution is -1.99. The van der Waals surface area contributed by atoms with Gasteiger partial charge in [-0.25, -0.2) is 0 Å². The third kappa shape index (κ3) is 5.54. The third-order valence-electron chi connectivity index (χ3n) is 3.07. The summed E-state index contributed by atoms with van der Waals surface area (Å²) >= 11 is 0. The molecule has 0 aliphatic carbocycles. The van der Waals surface area contributed by atoms with E-state index in [0.717, 1.165) is 37.2 Å². The lowest BCUT2D eigenvalue weighted by Gasteiger charge is -2.12. The van der Waals surface area contributed by atoms with Gasteiger partial charge in [0.1, 0.15) is 5.75 Å². The van der Waals surface area contributed by atoms with Crippen LogP contribution in [0.4, 0.5) is 0 Å². The van der Waals surface area contributed by atoms with E-state index in [1.807, 2.05) is 24.3 Å². The number of aliphatic hydroxyl groups excluding tert-OH is 1. The average molecular weight is 250 g/mol. The van der Waals surface area contributed by atoms with Crippen LogP contribution in [0.5, 0.6) is 5.75 Å². The fourth-order valence-electron chi connectivity index (χ4n) is 1.94. The van der Waals surface area contributed by atoms with Crippen LogP contribution in [-0.2, 0) is 0 Å². The van der Waals surface area contributed by atoms with Crippen molar-refractivity contribution in [2.45, 2.75) is 58.5 Å². The molecular weight excluding hydrogens is 224 g/mol. The van der Waals surface area contributed by atoms with Crippen LogP contribution in [0.25, 0.3) is 0 Å². The summed E-state index contributed by atoms with van der Waals surface area (Å²) in [7, 11) is 0. The average Bonchev–Trinajstić information content (AvgIpc) is 2.41. The Hall–Kier alpha value is -1.02. The molecule has 1 N–H and O–H groups in total. The number of hydrogen-bond donors (Lipinski definition) is 1. The van der Waals surface area contributed by atoms with Gasteiger partial charge < -0.3 is 9.84 Å². The first-order chi connectivity index (χ1) is 8.77. The Morgan fingerprint density at radius 2 is 1.72 bits per heavy atom. The van der Waals surface area contributed by atoms with Gasteiger partial charge in [-0.05, 0) is 30.5 Å². The van der Waals surface area contributed by atoms with Crippen molar-refractivity contribution < 1.29 is 9.84 Å². The predicted molar refractivity (Wildman–Crippen MR) is 75.9 cm³/mol. The zero-order valence-corrected chi connectivity index (χ0v) is 11.7. The Labute approximate surface area is 111 Å². The topological polar surface area (TPSA) is 29.5 Å². The van der Waals surface area contributed by atoms with Gasteiger partial charge in [0.15, 0.2) is 0 Å². The molecule has 2 heteroatoms. The molecule has 0 aliphatic heterocycles. The molecule has 1 aromatic carbocycles. The lowest BCUT2D eigenvalue weighted by molar-refractivity contribution is 0.163. The van der Waals surface area contributed by atoms with Crippen molar-refractivity contribution in [2.24, 2.45) is 0 Å². The van der Waals surface area contributed by atoms with Gasteiger partial charge in [-0.2, -0.15) is 0 Å². The second-order valence-corrected chi connectivity index (χ2v) is 4.78. The predicted octanol–water partition coefficient (Wildman–Crippen LogP) is 4.48. The Bertz CT molecular complexity index is 305. The highest BCUT2D eigenvalue weighted by Gasteiger charge is 2.07. The highest BCUT2D eigenvalue weighted by atomic mass is 16.5. The smallest absolute Gasteiger partial charge is 0.119 e. The van der Waals surface area contributed by atoms with Crippen LogP contribution in [0, 0.1) is 0 Å². The van der Waals surface area contributed by atoms with Crippen LogP contribution in [0.1, 0.15) is 64.0 Å². The molecule has 0 spiro atoms. The molecule has 0 heterocycles. The van der Waals surface area contributed by atoms with Crippen LogP contribution >= 0.6 is 0 Å². The molecule has 2 nitrogen and oxygen atoms in total. The number of aliphatic hydroxyl groups is 1. The summed E-state index contributed by atoms with van der Waals surface area (Å²) < 4.78 is 5.52. The van der Waals surface area contributed by atoms with Gasteiger partial charge in [0.25, 0.3) is 0 Å². The molecule has 102 valence electrons. The van der Waals surface area contributed by atoms with E-state index in [2.05, 4.69) is 13.8 Å². The van der Waals surface area contributed by atoms with Crippen molar-refractivity contribution in [1.82, 2.24) is 0 Å². The van der Waals surface area contributed by atoms with Gasteiger partial charge in [-0.15, -0.1) is 0 Å². The summed E-state index contributed by atoms with van der Waals surface area (Å²) in [5, 5.41) is 10.0. The summed E-state index contributed by atoms with van der Waals surface area (Å²) in [6.07, 6.45) is 6.35. The zero-order valence-electron chi connectivity index (χ0n) is 11.7. The maximum atomic E-state index is 10.0. The summed E-state index contributed by atoms with van der Waals surface area (Å²) in [4.78, 5) is 0. The van der Waals surface area contributed by atoms with Gasteiger partial charge >= 0.3 is 0 Å². The van der Waals surface area contributed by atoms with Gasteiger partial charge in [-0.3, -0.25) is 0 Å². The Kier molecular flexibility index (Phi) is 7.51. The largest absolute Gasteiger partial charge is 0.494 e. The summed E-state index contributed by atoms with van der Waals surface area (Å²) in [6.45, 7) is 5.04. The Morgan fingerprint density at radius 1 is 1.00 bits per heavy atom. The van der Waals surface area contributed by atoms with E-state index >= 15 is 0 Å². The standard InChI is InChI=1S/C16H26O2/c1-3-5-6-7-8-16(17)14-9-11-15(12-10-14)18-13-4-2/h9-12,16-17H,3-8,13H2,1-2H3. The van der Waals surface area contributed by atoms with E-state index in [0.29, 0.717) is 0 Å². The number of benzene rings is 1. The van der Waals surface area contributed by atoms with Crippen molar-refractivity contribution in [1.29, 1.82) is 0 Å². The van der Waals surface area contributed by atoms with Crippen LogP contribution in [0.2, 0.25) is 0 Å². The molecule has 1 aromatic rings. The fraction of sp³-hybridized carbons (Fsp3) is 0.625. The molecule has 1 atom stereocenters. The lowest BCUT2D eigenvalue weighted by atomic mass is 10.0. The first-order valence-corrected chi connectivity index (χ1v) is 7.18. The number of hydrogen-bond acceptors (Lipinski definition) is 2. The normalized spacial score (nSPS) is 12.4. The Balaban J connectivity index is 2.36. The number of ether oxygens (including phenoxy) is 1. The van der Waals surface area contributed by atoms with Crippen molar-refractivity contribution in [3.05, 3.63) is 29.8 Å². The van der Waals surface area contributed by atoms with Crippen molar-refractivity contribution >= 4 is 0 Å². The molecule has 0 aromatic heterocycles. The monoisotopic (exact) mass is 250 g/mol. The highest BCUT2D eigenvalue weighted by Crippen LogP contribution is 2.22. The van der Waals surface area contributed by atoms with E-state index in [4.69, 9.17) is 4.74 Å². The van der Waals surface area contributed by atoms with Crippen molar-refractivity contribution in [3.63, 3.8) is 0 Å². The van der Waals surface area contributed by atoms with E-state index in [1.165, 1.54) is 19.3 Å². The summed E-state index contributed by atoms with van der Waals surface area (Å²) in [5.41, 5.74) is 0.996. The first-order valence-electron chi connectivity index (χ1n) is 7.18. The molecule has 0 radical (unpaired) electrons. The van der Waals surface area contributed by atoms with Gasteiger partial charge in [0.2, 0.25) is 0 Å². The molecule has 0 bridgehead atoms. The third-order valence-corrected chi connectivity index (χ3v) is 3.07. The fourth-order valence-corrected chi connectivity index (χ4v) is 1.94. The van der Waals surface area contributed by atoms with Crippen molar-refractivity contribution in [3.8, 4) is 5.75 Å². The zero-order chi connectivity index (χ0) is 13.2. The van der Waals surface area contributed by atoms with Crippen LogP contribution < -0.4 is 4.74 Å². The van der Waals surface area contributed by atoms with Gasteiger partial charge in [0, 0.05) is 0 Å². The molecule has 0 saturated carbocycles. The van der Waals surface area contributed by atoms with E-state index in [9.17, 15) is 5.11 Å². The quantitative estimate of drug-likeness (QED) is 0.655. The SMILES string of the molecule is CCCCCCC(O)c1ccc(OCCC)cc1. The molecule has 0 aliphatic rings. The molecular formula is C16H26O2. The highest BCUT2D eigenvalue weighted by molar-refractivity contribution is 5.28. The van der Waals surface area contributed by atoms with Gasteiger partial charge in [-0.1, -0.05) is 51.7 Å². The second-order valence-electron chi connectivity index (χ2n) is 4.78. The molecule has 0 saturated heterocycles. The number of rotatable bonds is 9. The minimum Gasteiger partial charge on any atom is -0.494 e. The minimum absolute atomic E-state index is 0.331. The first kappa shape index (κ1) is 15.0. The van der Waals surface area contributed by atoms with E-state index in [1.54, 1.807) is 0 Å². The second kappa shape index (κ2) is 8.98. The van der Waals surface area contributed by atoms with E-state index in [-0.39, 0.29) is 6.10 Å². The molecule has 1 unspecified atom stereocenters. The van der Waals surface area contributed by atoms with Crippen LogP contribution in [0.3, 0.4) is 0 Å². The summed E-state index contributed by atoms with van der Waals surface area (Å²) in [6, 6.07) is 7.82. The molecule has 0 amide bonds. The van der Waals surface area contributed by atoms with E-state index < -0.39 is 0 Å². The summed E-state index contributed by atoms with van der Waals surface area (Å²) in [5.74, 6) is 0.888. The Morgan fingerprint density at radius 3 is 2.33 bits per heavy atom. The molecule has 1 rings (SSSR count). The molecule has 0 fully saturated rings. The molecule has 18 heavy (non-hydrogen) atoms. The number of unbranched alkanes of at least 4 members (excludes halogenated alkanes) is 3. The van der Waals surface area contributed by atoms with Gasteiger partial charge in [0.05, 0.1) is 12.7 Å². The van der Waals surface area contributed by atoms with Crippen molar-refractivity contribution in [2.75, 3.05) is 6.61 Å². The maximum absolute atomic E-state index is 10.0. The maximum Gasteiger partial charge on any atom is 0.119 e. The van der Waals surface area contributed by atoms with Crippen LogP contribution in [0.15, 0.2) is 24.3 Å².